The quantitative estimate of drug-likeness (QED) is 0.832. The number of phenolic OH excluding ortho intramolecular Hbond substituents is 1. The maximum Gasteiger partial charge on any atom is 0.234 e. The van der Waals surface area contributed by atoms with Gasteiger partial charge in [0.25, 0.3) is 0 Å². The van der Waals surface area contributed by atoms with Gasteiger partial charge in [-0.15, -0.1) is 11.8 Å². The van der Waals surface area contributed by atoms with E-state index in [1.165, 1.54) is 11.8 Å². The van der Waals surface area contributed by atoms with Gasteiger partial charge in [0, 0.05) is 15.1 Å². The number of nitrogens with one attached hydrogen (secondary N) is 1. The van der Waals surface area contributed by atoms with Crippen LogP contribution in [0.3, 0.4) is 0 Å². The van der Waals surface area contributed by atoms with Gasteiger partial charge in [0.05, 0.1) is 5.75 Å². The first-order valence-electron chi connectivity index (χ1n) is 5.61. The van der Waals surface area contributed by atoms with Crippen LogP contribution < -0.4 is 5.32 Å². The summed E-state index contributed by atoms with van der Waals surface area (Å²) in [5.74, 6) is 0.354. The number of phenols is 1. The molecular formula is C14H12BrNO2S. The van der Waals surface area contributed by atoms with Crippen LogP contribution in [0.25, 0.3) is 0 Å². The molecule has 2 N–H and O–H groups in total. The Labute approximate surface area is 124 Å². The second kappa shape index (κ2) is 6.63. The summed E-state index contributed by atoms with van der Waals surface area (Å²) in [7, 11) is 0. The molecule has 1 amide bonds. The van der Waals surface area contributed by atoms with Crippen LogP contribution >= 0.6 is 27.7 Å². The number of amides is 1. The molecule has 0 fully saturated rings. The van der Waals surface area contributed by atoms with Gasteiger partial charge >= 0.3 is 0 Å². The van der Waals surface area contributed by atoms with Gasteiger partial charge in [-0.05, 0) is 36.4 Å². The largest absolute Gasteiger partial charge is 0.507 e. The molecule has 98 valence electrons. The lowest BCUT2D eigenvalue weighted by molar-refractivity contribution is -0.113. The molecule has 0 bridgehead atoms. The van der Waals surface area contributed by atoms with Crippen LogP contribution in [0.5, 0.6) is 5.75 Å². The molecule has 19 heavy (non-hydrogen) atoms. The molecule has 0 spiro atoms. The van der Waals surface area contributed by atoms with Crippen LogP contribution in [0, 0.1) is 0 Å². The molecule has 0 unspecified atom stereocenters. The molecule has 0 aliphatic heterocycles. The summed E-state index contributed by atoms with van der Waals surface area (Å²) in [6.07, 6.45) is 0. The zero-order valence-corrected chi connectivity index (χ0v) is 12.4. The van der Waals surface area contributed by atoms with Gasteiger partial charge < -0.3 is 10.4 Å². The average Bonchev–Trinajstić information content (AvgIpc) is 2.40. The number of carbonyl (C=O) groups excluding carboxylic acids is 1. The minimum atomic E-state index is -0.101. The molecule has 0 heterocycles. The molecule has 5 heteroatoms. The number of halogens is 1. The Morgan fingerprint density at radius 1 is 1.16 bits per heavy atom. The molecule has 0 saturated heterocycles. The molecule has 2 aromatic rings. The number of carbonyl (C=O) groups is 1. The summed E-state index contributed by atoms with van der Waals surface area (Å²) in [5.41, 5.74) is 0.756. The third-order valence-corrected chi connectivity index (χ3v) is 3.94. The zero-order valence-electron chi connectivity index (χ0n) is 9.97. The van der Waals surface area contributed by atoms with Crippen molar-refractivity contribution in [3.63, 3.8) is 0 Å². The number of rotatable bonds is 4. The van der Waals surface area contributed by atoms with E-state index in [9.17, 15) is 9.90 Å². The molecule has 0 radical (unpaired) electrons. The van der Waals surface area contributed by atoms with Crippen molar-refractivity contribution in [3.8, 4) is 5.75 Å². The molecule has 0 atom stereocenters. The van der Waals surface area contributed by atoms with Gasteiger partial charge in [0.2, 0.25) is 5.91 Å². The van der Waals surface area contributed by atoms with Crippen molar-refractivity contribution in [2.45, 2.75) is 4.90 Å². The van der Waals surface area contributed by atoms with Crippen molar-refractivity contribution in [2.75, 3.05) is 11.1 Å². The molecule has 2 rings (SSSR count). The van der Waals surface area contributed by atoms with Crippen LogP contribution in [-0.2, 0) is 4.79 Å². The molecule has 0 aliphatic rings. The van der Waals surface area contributed by atoms with Crippen LogP contribution in [0.15, 0.2) is 57.9 Å². The highest BCUT2D eigenvalue weighted by molar-refractivity contribution is 9.10. The second-order valence-electron chi connectivity index (χ2n) is 3.81. The van der Waals surface area contributed by atoms with E-state index in [1.54, 1.807) is 18.2 Å². The standard InChI is InChI=1S/C14H12BrNO2S/c15-10-5-7-11(8-6-10)16-14(18)9-19-13-4-2-1-3-12(13)17/h1-8,17H,9H2,(H,16,18). The summed E-state index contributed by atoms with van der Waals surface area (Å²) in [6, 6.07) is 14.4. The van der Waals surface area contributed by atoms with E-state index < -0.39 is 0 Å². The van der Waals surface area contributed by atoms with Crippen LogP contribution in [0.1, 0.15) is 0 Å². The Balaban J connectivity index is 1.88. The maximum absolute atomic E-state index is 11.8. The summed E-state index contributed by atoms with van der Waals surface area (Å²) < 4.78 is 0.967. The highest BCUT2D eigenvalue weighted by atomic mass is 79.9. The van der Waals surface area contributed by atoms with Gasteiger partial charge in [0.1, 0.15) is 5.75 Å². The van der Waals surface area contributed by atoms with E-state index in [0.717, 1.165) is 10.2 Å². The Hall–Kier alpha value is -1.46. The number of hydrogen-bond acceptors (Lipinski definition) is 3. The fourth-order valence-electron chi connectivity index (χ4n) is 1.45. The van der Waals surface area contributed by atoms with Gasteiger partial charge in [-0.2, -0.15) is 0 Å². The third-order valence-electron chi connectivity index (χ3n) is 2.35. The lowest BCUT2D eigenvalue weighted by atomic mass is 10.3. The van der Waals surface area contributed by atoms with Crippen LogP contribution in [0.2, 0.25) is 0 Å². The summed E-state index contributed by atoms with van der Waals surface area (Å²) in [5, 5.41) is 12.4. The predicted molar refractivity (Wildman–Crippen MR) is 81.6 cm³/mol. The van der Waals surface area contributed by atoms with E-state index in [2.05, 4.69) is 21.2 Å². The molecule has 0 aliphatic carbocycles. The van der Waals surface area contributed by atoms with Gasteiger partial charge in [0.15, 0.2) is 0 Å². The smallest absolute Gasteiger partial charge is 0.234 e. The predicted octanol–water partition coefficient (Wildman–Crippen LogP) is 3.89. The molecule has 0 aromatic heterocycles. The van der Waals surface area contributed by atoms with Crippen molar-refractivity contribution < 1.29 is 9.90 Å². The normalized spacial score (nSPS) is 10.2. The fraction of sp³-hybridized carbons (Fsp3) is 0.0714. The zero-order chi connectivity index (χ0) is 13.7. The van der Waals surface area contributed by atoms with Gasteiger partial charge in [-0.3, -0.25) is 4.79 Å². The minimum Gasteiger partial charge on any atom is -0.507 e. The second-order valence-corrected chi connectivity index (χ2v) is 5.74. The number of para-hydroxylation sites is 1. The van der Waals surface area contributed by atoms with Crippen molar-refractivity contribution in [3.05, 3.63) is 53.0 Å². The van der Waals surface area contributed by atoms with Gasteiger partial charge in [-0.1, -0.05) is 28.1 Å². The highest BCUT2D eigenvalue weighted by Crippen LogP contribution is 2.27. The molecule has 2 aromatic carbocycles. The first kappa shape index (κ1) is 14.0. The third kappa shape index (κ3) is 4.29. The fourth-order valence-corrected chi connectivity index (χ4v) is 2.47. The van der Waals surface area contributed by atoms with Crippen molar-refractivity contribution >= 4 is 39.3 Å². The number of anilines is 1. The van der Waals surface area contributed by atoms with E-state index in [4.69, 9.17) is 0 Å². The van der Waals surface area contributed by atoms with Crippen molar-refractivity contribution in [1.82, 2.24) is 0 Å². The Morgan fingerprint density at radius 3 is 2.53 bits per heavy atom. The number of thioether (sulfide) groups is 1. The summed E-state index contributed by atoms with van der Waals surface area (Å²) in [4.78, 5) is 12.5. The van der Waals surface area contributed by atoms with Crippen molar-refractivity contribution in [1.29, 1.82) is 0 Å². The lowest BCUT2D eigenvalue weighted by Crippen LogP contribution is -2.13. The summed E-state index contributed by atoms with van der Waals surface area (Å²) >= 11 is 4.64. The molecular weight excluding hydrogens is 326 g/mol. The highest BCUT2D eigenvalue weighted by Gasteiger charge is 2.06. The Bertz CT molecular complexity index is 572. The number of hydrogen-bond donors (Lipinski definition) is 2. The molecule has 0 saturated carbocycles. The minimum absolute atomic E-state index is 0.101. The SMILES string of the molecule is O=C(CSc1ccccc1O)Nc1ccc(Br)cc1. The Morgan fingerprint density at radius 2 is 1.84 bits per heavy atom. The van der Waals surface area contributed by atoms with E-state index in [1.807, 2.05) is 30.3 Å². The van der Waals surface area contributed by atoms with Crippen LogP contribution in [0.4, 0.5) is 5.69 Å². The monoisotopic (exact) mass is 337 g/mol. The molecule has 3 nitrogen and oxygen atoms in total. The Kier molecular flexibility index (Phi) is 4.87. The first-order valence-corrected chi connectivity index (χ1v) is 7.39. The topological polar surface area (TPSA) is 49.3 Å². The lowest BCUT2D eigenvalue weighted by Gasteiger charge is -2.06. The van der Waals surface area contributed by atoms with E-state index in [0.29, 0.717) is 4.90 Å². The van der Waals surface area contributed by atoms with Crippen molar-refractivity contribution in [2.24, 2.45) is 0 Å². The van der Waals surface area contributed by atoms with Crippen LogP contribution in [-0.4, -0.2) is 16.8 Å². The number of benzene rings is 2. The van der Waals surface area contributed by atoms with E-state index in [-0.39, 0.29) is 17.4 Å². The average molecular weight is 338 g/mol. The summed E-state index contributed by atoms with van der Waals surface area (Å²) in [6.45, 7) is 0. The number of aromatic hydroxyl groups is 1. The van der Waals surface area contributed by atoms with Gasteiger partial charge in [-0.25, -0.2) is 0 Å². The first-order chi connectivity index (χ1) is 9.15. The van der Waals surface area contributed by atoms with E-state index >= 15 is 0 Å². The maximum atomic E-state index is 11.8.